The van der Waals surface area contributed by atoms with Crippen LogP contribution in [0.3, 0.4) is 0 Å². The summed E-state index contributed by atoms with van der Waals surface area (Å²) in [6.45, 7) is 6.09. The average Bonchev–Trinajstić information content (AvgIpc) is 2.94. The van der Waals surface area contributed by atoms with E-state index in [1.165, 1.54) is 28.6 Å². The molecule has 0 N–H and O–H groups in total. The highest BCUT2D eigenvalue weighted by Gasteiger charge is 2.22. The molecule has 0 fully saturated rings. The molecule has 0 unspecified atom stereocenters. The van der Waals surface area contributed by atoms with Crippen molar-refractivity contribution in [1.29, 1.82) is 5.26 Å². The first-order valence-corrected chi connectivity index (χ1v) is 9.64. The molecule has 0 saturated heterocycles. The monoisotopic (exact) mass is 345 g/mol. The van der Waals surface area contributed by atoms with Crippen molar-refractivity contribution in [3.63, 3.8) is 0 Å². The molecular weight excluding hydrogens is 326 g/mol. The first kappa shape index (κ1) is 16.3. The van der Waals surface area contributed by atoms with E-state index < -0.39 is 0 Å². The summed E-state index contributed by atoms with van der Waals surface area (Å²) in [6.07, 6.45) is 6.12. The van der Waals surface area contributed by atoms with E-state index in [0.29, 0.717) is 17.5 Å². The number of allylic oxidation sites excluding steroid dienone is 1. The van der Waals surface area contributed by atoms with Crippen LogP contribution in [0, 0.1) is 17.2 Å². The SMILES string of the molecule is C=CCn1c(SC[C@@H](C)C#N)nc2sc3c(c2c1=O)CCCC3. The number of fused-ring (bicyclic) bond motifs is 3. The lowest BCUT2D eigenvalue weighted by Gasteiger charge is -2.12. The third-order valence-corrected chi connectivity index (χ3v) is 6.46. The normalized spacial score (nSPS) is 15.1. The Labute approximate surface area is 143 Å². The number of thioether (sulfide) groups is 1. The highest BCUT2D eigenvalue weighted by atomic mass is 32.2. The Morgan fingerprint density at radius 2 is 2.30 bits per heavy atom. The van der Waals surface area contributed by atoms with Crippen LogP contribution in [0.25, 0.3) is 10.2 Å². The zero-order valence-electron chi connectivity index (χ0n) is 13.2. The number of thiophene rings is 1. The van der Waals surface area contributed by atoms with E-state index in [1.54, 1.807) is 22.0 Å². The van der Waals surface area contributed by atoms with Crippen molar-refractivity contribution in [3.05, 3.63) is 33.4 Å². The topological polar surface area (TPSA) is 58.7 Å². The zero-order chi connectivity index (χ0) is 16.4. The molecule has 0 bridgehead atoms. The van der Waals surface area contributed by atoms with E-state index >= 15 is 0 Å². The summed E-state index contributed by atoms with van der Waals surface area (Å²) >= 11 is 3.15. The number of aryl methyl sites for hydroxylation is 2. The smallest absolute Gasteiger partial charge is 0.263 e. The van der Waals surface area contributed by atoms with Crippen molar-refractivity contribution in [2.24, 2.45) is 5.92 Å². The quantitative estimate of drug-likeness (QED) is 0.470. The maximum atomic E-state index is 13.0. The number of nitrogens with zero attached hydrogens (tertiary/aromatic N) is 3. The van der Waals surface area contributed by atoms with Crippen LogP contribution in [0.1, 0.15) is 30.2 Å². The minimum Gasteiger partial charge on any atom is -0.283 e. The van der Waals surface area contributed by atoms with E-state index in [-0.39, 0.29) is 11.5 Å². The van der Waals surface area contributed by atoms with Crippen molar-refractivity contribution in [2.75, 3.05) is 5.75 Å². The Bertz CT molecular complexity index is 844. The Hall–Kier alpha value is -1.58. The number of hydrogen-bond acceptors (Lipinski definition) is 5. The van der Waals surface area contributed by atoms with Crippen LogP contribution < -0.4 is 5.56 Å². The molecule has 3 rings (SSSR count). The summed E-state index contributed by atoms with van der Waals surface area (Å²) in [6, 6.07) is 2.22. The fraction of sp³-hybridized carbons (Fsp3) is 0.471. The molecule has 0 amide bonds. The molecular formula is C17H19N3OS2. The van der Waals surface area contributed by atoms with Crippen LogP contribution in [-0.2, 0) is 19.4 Å². The molecule has 4 nitrogen and oxygen atoms in total. The summed E-state index contributed by atoms with van der Waals surface area (Å²) in [7, 11) is 0. The van der Waals surface area contributed by atoms with Gasteiger partial charge in [-0.15, -0.1) is 17.9 Å². The molecule has 1 atom stereocenters. The van der Waals surface area contributed by atoms with Gasteiger partial charge in [-0.3, -0.25) is 9.36 Å². The second-order valence-corrected chi connectivity index (χ2v) is 7.90. The second kappa shape index (κ2) is 6.90. The molecule has 2 aromatic heterocycles. The molecule has 23 heavy (non-hydrogen) atoms. The van der Waals surface area contributed by atoms with Crippen molar-refractivity contribution >= 4 is 33.3 Å². The van der Waals surface area contributed by atoms with Gasteiger partial charge in [0.25, 0.3) is 5.56 Å². The van der Waals surface area contributed by atoms with Crippen molar-refractivity contribution in [3.8, 4) is 6.07 Å². The summed E-state index contributed by atoms with van der Waals surface area (Å²) in [5, 5.41) is 10.5. The Morgan fingerprint density at radius 3 is 3.04 bits per heavy atom. The zero-order valence-corrected chi connectivity index (χ0v) is 14.8. The standard InChI is InChI=1S/C17H19N3OS2/c1-3-8-20-16(21)14-12-6-4-5-7-13(12)23-15(14)19-17(20)22-10-11(2)9-18/h3,11H,1,4-8,10H2,2H3/t11-/m0/s1. The van der Waals surface area contributed by atoms with Gasteiger partial charge in [0.1, 0.15) is 4.83 Å². The van der Waals surface area contributed by atoms with Crippen LogP contribution in [0.2, 0.25) is 0 Å². The molecule has 0 aromatic carbocycles. The lowest BCUT2D eigenvalue weighted by Crippen LogP contribution is -2.23. The van der Waals surface area contributed by atoms with E-state index in [4.69, 9.17) is 10.2 Å². The van der Waals surface area contributed by atoms with Gasteiger partial charge >= 0.3 is 0 Å². The summed E-state index contributed by atoms with van der Waals surface area (Å²) < 4.78 is 1.70. The maximum absolute atomic E-state index is 13.0. The minimum absolute atomic E-state index is 0.0430. The molecule has 2 aromatic rings. The van der Waals surface area contributed by atoms with Crippen molar-refractivity contribution < 1.29 is 0 Å². The van der Waals surface area contributed by atoms with Crippen LogP contribution in [0.15, 0.2) is 22.6 Å². The van der Waals surface area contributed by atoms with Gasteiger partial charge in [-0.05, 0) is 38.2 Å². The third kappa shape index (κ3) is 3.08. The maximum Gasteiger partial charge on any atom is 0.263 e. The van der Waals surface area contributed by atoms with E-state index in [1.807, 2.05) is 6.92 Å². The fourth-order valence-electron chi connectivity index (χ4n) is 2.86. The van der Waals surface area contributed by atoms with Crippen LogP contribution in [-0.4, -0.2) is 15.3 Å². The number of nitriles is 1. The highest BCUT2D eigenvalue weighted by Crippen LogP contribution is 2.34. The van der Waals surface area contributed by atoms with Crippen LogP contribution >= 0.6 is 23.1 Å². The van der Waals surface area contributed by atoms with E-state index in [0.717, 1.165) is 29.5 Å². The van der Waals surface area contributed by atoms with E-state index in [2.05, 4.69) is 12.6 Å². The molecule has 2 heterocycles. The Kier molecular flexibility index (Phi) is 4.88. The minimum atomic E-state index is -0.0682. The van der Waals surface area contributed by atoms with Gasteiger partial charge in [0, 0.05) is 17.2 Å². The van der Waals surface area contributed by atoms with Gasteiger partial charge in [-0.1, -0.05) is 17.8 Å². The van der Waals surface area contributed by atoms with Gasteiger partial charge in [0.15, 0.2) is 5.16 Å². The fourth-order valence-corrected chi connectivity index (χ4v) is 5.11. The Balaban J connectivity index is 2.12. The van der Waals surface area contributed by atoms with E-state index in [9.17, 15) is 4.79 Å². The summed E-state index contributed by atoms with van der Waals surface area (Å²) in [4.78, 5) is 19.9. The number of rotatable bonds is 5. The van der Waals surface area contributed by atoms with Gasteiger partial charge < -0.3 is 0 Å². The average molecular weight is 345 g/mol. The molecule has 1 aliphatic carbocycles. The van der Waals surface area contributed by atoms with Gasteiger partial charge in [0.2, 0.25) is 0 Å². The van der Waals surface area contributed by atoms with Crippen LogP contribution in [0.4, 0.5) is 0 Å². The predicted molar refractivity (Wildman–Crippen MR) is 96.2 cm³/mol. The first-order valence-electron chi connectivity index (χ1n) is 7.84. The summed E-state index contributed by atoms with van der Waals surface area (Å²) in [5.41, 5.74) is 1.26. The molecule has 0 saturated carbocycles. The third-order valence-electron chi connectivity index (χ3n) is 4.03. The number of hydrogen-bond donors (Lipinski definition) is 0. The molecule has 0 aliphatic heterocycles. The highest BCUT2D eigenvalue weighted by molar-refractivity contribution is 7.99. The van der Waals surface area contributed by atoms with Gasteiger partial charge in [0.05, 0.1) is 17.4 Å². The largest absolute Gasteiger partial charge is 0.283 e. The Morgan fingerprint density at radius 1 is 1.52 bits per heavy atom. The van der Waals surface area contributed by atoms with Crippen molar-refractivity contribution in [1.82, 2.24) is 9.55 Å². The lowest BCUT2D eigenvalue weighted by molar-refractivity contribution is 0.667. The molecule has 0 spiro atoms. The molecule has 0 radical (unpaired) electrons. The lowest BCUT2D eigenvalue weighted by atomic mass is 9.97. The first-order chi connectivity index (χ1) is 11.2. The number of aromatic nitrogens is 2. The second-order valence-electron chi connectivity index (χ2n) is 5.83. The summed E-state index contributed by atoms with van der Waals surface area (Å²) in [5.74, 6) is 0.567. The van der Waals surface area contributed by atoms with Crippen molar-refractivity contribution in [2.45, 2.75) is 44.3 Å². The predicted octanol–water partition coefficient (Wildman–Crippen LogP) is 3.77. The van der Waals surface area contributed by atoms with Gasteiger partial charge in [-0.2, -0.15) is 5.26 Å². The molecule has 6 heteroatoms. The van der Waals surface area contributed by atoms with Crippen LogP contribution in [0.5, 0.6) is 0 Å². The molecule has 1 aliphatic rings. The van der Waals surface area contributed by atoms with Gasteiger partial charge in [-0.25, -0.2) is 4.98 Å². The molecule has 120 valence electrons.